The highest BCUT2D eigenvalue weighted by Crippen LogP contribution is 2.19. The van der Waals surface area contributed by atoms with E-state index in [2.05, 4.69) is 34.9 Å². The normalized spacial score (nSPS) is 15.6. The van der Waals surface area contributed by atoms with Crippen molar-refractivity contribution in [3.63, 3.8) is 0 Å². The van der Waals surface area contributed by atoms with Crippen molar-refractivity contribution >= 4 is 24.0 Å². The lowest BCUT2D eigenvalue weighted by atomic mass is 10.1. The topological polar surface area (TPSA) is 111 Å². The second-order valence-corrected chi connectivity index (χ2v) is 7.52. The van der Waals surface area contributed by atoms with Crippen LogP contribution in [-0.4, -0.2) is 40.3 Å². The quantitative estimate of drug-likeness (QED) is 0.247. The summed E-state index contributed by atoms with van der Waals surface area (Å²) in [7, 11) is 0. The molecule has 2 amide bonds. The van der Waals surface area contributed by atoms with E-state index in [4.69, 9.17) is 5.21 Å². The highest BCUT2D eigenvalue weighted by molar-refractivity contribution is 5.97. The van der Waals surface area contributed by atoms with Crippen LogP contribution in [0.25, 0.3) is 12.2 Å². The lowest BCUT2D eigenvalue weighted by Gasteiger charge is -2.19. The summed E-state index contributed by atoms with van der Waals surface area (Å²) in [5.74, 6) is -1.40. The van der Waals surface area contributed by atoms with Crippen molar-refractivity contribution in [3.8, 4) is 0 Å². The highest BCUT2D eigenvalue weighted by Gasteiger charge is 2.25. The standard InChI is InChI=1S/C23H27N3O4/c1-15(27)21(23(29)26-30)25-22(28)19-10-8-17(9-11-19)3-2-16-4-6-18(7-5-16)14-24-20-12-13-20/h2-11,15,20-21,24,27,30H,12-14H2,1H3,(H,25,28)(H,26,29)/b3-2+/t15-,21+/m1/s1. The van der Waals surface area contributed by atoms with Gasteiger partial charge in [-0.2, -0.15) is 0 Å². The molecule has 30 heavy (non-hydrogen) atoms. The summed E-state index contributed by atoms with van der Waals surface area (Å²) in [5.41, 5.74) is 5.05. The maximum absolute atomic E-state index is 12.3. The summed E-state index contributed by atoms with van der Waals surface area (Å²) in [6.07, 6.45) is 5.36. The first-order valence-corrected chi connectivity index (χ1v) is 9.99. The Bertz CT molecular complexity index is 888. The van der Waals surface area contributed by atoms with Crippen molar-refractivity contribution in [2.45, 2.75) is 44.5 Å². The van der Waals surface area contributed by atoms with Crippen molar-refractivity contribution in [2.24, 2.45) is 0 Å². The van der Waals surface area contributed by atoms with Gasteiger partial charge in [-0.25, -0.2) is 5.48 Å². The minimum atomic E-state index is -1.25. The van der Waals surface area contributed by atoms with Gasteiger partial charge < -0.3 is 15.7 Å². The third-order valence-electron chi connectivity index (χ3n) is 4.95. The smallest absolute Gasteiger partial charge is 0.268 e. The number of hydrogen-bond acceptors (Lipinski definition) is 5. The molecule has 3 rings (SSSR count). The van der Waals surface area contributed by atoms with Crippen molar-refractivity contribution in [1.82, 2.24) is 16.1 Å². The van der Waals surface area contributed by atoms with Gasteiger partial charge in [0, 0.05) is 18.2 Å². The van der Waals surface area contributed by atoms with Gasteiger partial charge in [0.1, 0.15) is 6.04 Å². The molecule has 0 unspecified atom stereocenters. The molecule has 0 spiro atoms. The molecule has 7 nitrogen and oxygen atoms in total. The second kappa shape index (κ2) is 10.2. The molecule has 5 N–H and O–H groups in total. The zero-order valence-electron chi connectivity index (χ0n) is 16.8. The molecule has 2 aromatic carbocycles. The number of carbonyl (C=O) groups is 2. The summed E-state index contributed by atoms with van der Waals surface area (Å²) < 4.78 is 0. The van der Waals surface area contributed by atoms with Gasteiger partial charge >= 0.3 is 0 Å². The Kier molecular flexibility index (Phi) is 7.35. The number of carbonyl (C=O) groups excluding carboxylic acids is 2. The summed E-state index contributed by atoms with van der Waals surface area (Å²) in [6, 6.07) is 14.7. The van der Waals surface area contributed by atoms with Crippen LogP contribution in [-0.2, 0) is 11.3 Å². The third-order valence-corrected chi connectivity index (χ3v) is 4.95. The van der Waals surface area contributed by atoms with Gasteiger partial charge in [0.05, 0.1) is 6.10 Å². The maximum Gasteiger partial charge on any atom is 0.268 e. The van der Waals surface area contributed by atoms with Crippen LogP contribution in [0.5, 0.6) is 0 Å². The number of nitrogens with one attached hydrogen (secondary N) is 3. The summed E-state index contributed by atoms with van der Waals surface area (Å²) in [5, 5.41) is 24.2. The average Bonchev–Trinajstić information content (AvgIpc) is 3.59. The molecule has 2 aromatic rings. The second-order valence-electron chi connectivity index (χ2n) is 7.52. The summed E-state index contributed by atoms with van der Waals surface area (Å²) in [4.78, 5) is 23.8. The molecule has 2 atom stereocenters. The van der Waals surface area contributed by atoms with Gasteiger partial charge in [-0.1, -0.05) is 48.6 Å². The van der Waals surface area contributed by atoms with Gasteiger partial charge in [-0.3, -0.25) is 14.8 Å². The van der Waals surface area contributed by atoms with Gasteiger partial charge in [0.25, 0.3) is 11.8 Å². The van der Waals surface area contributed by atoms with Gasteiger partial charge in [-0.05, 0) is 48.6 Å². The van der Waals surface area contributed by atoms with Gasteiger partial charge in [0.15, 0.2) is 0 Å². The first kappa shape index (κ1) is 21.7. The molecule has 1 fully saturated rings. The number of rotatable bonds is 9. The summed E-state index contributed by atoms with van der Waals surface area (Å²) in [6.45, 7) is 2.25. The van der Waals surface area contributed by atoms with E-state index < -0.39 is 24.0 Å². The molecule has 1 aliphatic carbocycles. The molecule has 0 saturated heterocycles. The Morgan fingerprint density at radius 1 is 1.03 bits per heavy atom. The number of amides is 2. The minimum absolute atomic E-state index is 0.344. The predicted molar refractivity (Wildman–Crippen MR) is 115 cm³/mol. The lowest BCUT2D eigenvalue weighted by molar-refractivity contribution is -0.133. The van der Waals surface area contributed by atoms with Crippen LogP contribution in [0.2, 0.25) is 0 Å². The molecule has 0 aromatic heterocycles. The zero-order valence-corrected chi connectivity index (χ0v) is 16.8. The van der Waals surface area contributed by atoms with Crippen molar-refractivity contribution in [2.75, 3.05) is 0 Å². The number of benzene rings is 2. The molecule has 158 valence electrons. The van der Waals surface area contributed by atoms with E-state index in [0.717, 1.165) is 17.7 Å². The van der Waals surface area contributed by atoms with E-state index in [1.165, 1.54) is 30.8 Å². The first-order valence-electron chi connectivity index (χ1n) is 9.99. The maximum atomic E-state index is 12.3. The Morgan fingerprint density at radius 3 is 2.10 bits per heavy atom. The Hall–Kier alpha value is -3.00. The average molecular weight is 409 g/mol. The molecule has 7 heteroatoms. The number of hydroxylamine groups is 1. The number of hydrogen-bond donors (Lipinski definition) is 5. The predicted octanol–water partition coefficient (Wildman–Crippen LogP) is 2.09. The van der Waals surface area contributed by atoms with Crippen molar-refractivity contribution < 1.29 is 19.9 Å². The van der Waals surface area contributed by atoms with Crippen molar-refractivity contribution in [3.05, 3.63) is 70.8 Å². The van der Waals surface area contributed by atoms with Crippen LogP contribution in [0.15, 0.2) is 48.5 Å². The van der Waals surface area contributed by atoms with E-state index in [1.807, 2.05) is 12.2 Å². The van der Waals surface area contributed by atoms with E-state index in [0.29, 0.717) is 11.6 Å². The van der Waals surface area contributed by atoms with Crippen LogP contribution in [0.1, 0.15) is 46.8 Å². The monoisotopic (exact) mass is 409 g/mol. The molecule has 1 aliphatic rings. The first-order chi connectivity index (χ1) is 14.5. The lowest BCUT2D eigenvalue weighted by Crippen LogP contribution is -2.51. The van der Waals surface area contributed by atoms with E-state index in [9.17, 15) is 14.7 Å². The number of aliphatic hydroxyl groups excluding tert-OH is 1. The number of aliphatic hydroxyl groups is 1. The van der Waals surface area contributed by atoms with Crippen LogP contribution >= 0.6 is 0 Å². The molecule has 0 bridgehead atoms. The fourth-order valence-corrected chi connectivity index (χ4v) is 2.93. The molecular formula is C23H27N3O4. The summed E-state index contributed by atoms with van der Waals surface area (Å²) >= 11 is 0. The molecule has 1 saturated carbocycles. The molecule has 0 heterocycles. The SMILES string of the molecule is C[C@@H](O)[C@H](NC(=O)c1ccc(/C=C/c2ccc(CNC3CC3)cc2)cc1)C(=O)NO. The third kappa shape index (κ3) is 6.25. The van der Waals surface area contributed by atoms with Crippen LogP contribution in [0.3, 0.4) is 0 Å². The zero-order chi connectivity index (χ0) is 21.5. The van der Waals surface area contributed by atoms with Gasteiger partial charge in [-0.15, -0.1) is 0 Å². The Morgan fingerprint density at radius 2 is 1.60 bits per heavy atom. The van der Waals surface area contributed by atoms with Crippen molar-refractivity contribution in [1.29, 1.82) is 0 Å². The Labute approximate surface area is 175 Å². The fourth-order valence-electron chi connectivity index (χ4n) is 2.93. The van der Waals surface area contributed by atoms with Crippen LogP contribution in [0.4, 0.5) is 0 Å². The largest absolute Gasteiger partial charge is 0.391 e. The van der Waals surface area contributed by atoms with Gasteiger partial charge in [0.2, 0.25) is 0 Å². The minimum Gasteiger partial charge on any atom is -0.391 e. The van der Waals surface area contributed by atoms with E-state index >= 15 is 0 Å². The van der Waals surface area contributed by atoms with Crippen LogP contribution in [0, 0.1) is 0 Å². The molecule has 0 aliphatic heterocycles. The van der Waals surface area contributed by atoms with Crippen LogP contribution < -0.4 is 16.1 Å². The fraction of sp³-hybridized carbons (Fsp3) is 0.304. The van der Waals surface area contributed by atoms with E-state index in [-0.39, 0.29) is 0 Å². The van der Waals surface area contributed by atoms with E-state index in [1.54, 1.807) is 24.3 Å². The highest BCUT2D eigenvalue weighted by atomic mass is 16.5. The molecule has 0 radical (unpaired) electrons. The molecular weight excluding hydrogens is 382 g/mol. The Balaban J connectivity index is 1.56.